The van der Waals surface area contributed by atoms with Gasteiger partial charge in [-0.1, -0.05) is 12.1 Å². The fraction of sp³-hybridized carbons (Fsp3) is 0.562. The molecule has 136 valence electrons. The average molecular weight is 367 g/mol. The monoisotopic (exact) mass is 366 g/mol. The number of hydrogen-bond acceptors (Lipinski definition) is 3. The Morgan fingerprint density at radius 2 is 1.83 bits per heavy atom. The van der Waals surface area contributed by atoms with Crippen molar-refractivity contribution in [2.45, 2.75) is 25.6 Å². The summed E-state index contributed by atoms with van der Waals surface area (Å²) in [7, 11) is 1.56. The van der Waals surface area contributed by atoms with Crippen molar-refractivity contribution in [2.24, 2.45) is 5.41 Å². The molecule has 0 saturated carbocycles. The number of halogens is 4. The molecular weight excluding hydrogens is 345 g/mol. The van der Waals surface area contributed by atoms with E-state index in [9.17, 15) is 18.0 Å². The van der Waals surface area contributed by atoms with Gasteiger partial charge in [0.15, 0.2) is 0 Å². The van der Waals surface area contributed by atoms with Crippen molar-refractivity contribution in [1.29, 1.82) is 0 Å². The van der Waals surface area contributed by atoms with E-state index in [0.717, 1.165) is 25.2 Å². The Bertz CT molecular complexity index is 524. The number of amides is 1. The van der Waals surface area contributed by atoms with E-state index in [1.165, 1.54) is 12.1 Å². The number of benzene rings is 1. The molecule has 1 aliphatic heterocycles. The van der Waals surface area contributed by atoms with Crippen molar-refractivity contribution < 1.29 is 22.7 Å². The molecule has 1 aromatic rings. The maximum atomic E-state index is 12.5. The van der Waals surface area contributed by atoms with Crippen LogP contribution in [0.15, 0.2) is 24.3 Å². The molecule has 2 N–H and O–H groups in total. The number of piperidine rings is 1. The number of hydrogen-bond donors (Lipinski definition) is 2. The van der Waals surface area contributed by atoms with Gasteiger partial charge in [0.25, 0.3) is 0 Å². The van der Waals surface area contributed by atoms with Crippen LogP contribution in [-0.2, 0) is 22.3 Å². The van der Waals surface area contributed by atoms with Gasteiger partial charge in [-0.3, -0.25) is 4.79 Å². The molecule has 1 saturated heterocycles. The molecule has 24 heavy (non-hydrogen) atoms. The first kappa shape index (κ1) is 20.7. The van der Waals surface area contributed by atoms with Gasteiger partial charge in [0.05, 0.1) is 17.6 Å². The summed E-state index contributed by atoms with van der Waals surface area (Å²) in [5.41, 5.74) is -0.624. The Morgan fingerprint density at radius 1 is 1.25 bits per heavy atom. The highest BCUT2D eigenvalue weighted by Crippen LogP contribution is 2.30. The van der Waals surface area contributed by atoms with Crippen LogP contribution < -0.4 is 10.6 Å². The zero-order valence-corrected chi connectivity index (χ0v) is 14.2. The van der Waals surface area contributed by atoms with Crippen LogP contribution in [0.2, 0.25) is 0 Å². The highest BCUT2D eigenvalue weighted by Gasteiger charge is 2.39. The van der Waals surface area contributed by atoms with E-state index in [-0.39, 0.29) is 24.9 Å². The largest absolute Gasteiger partial charge is 0.416 e. The molecule has 0 atom stereocenters. The predicted molar refractivity (Wildman–Crippen MR) is 87.0 cm³/mol. The van der Waals surface area contributed by atoms with E-state index in [4.69, 9.17) is 4.74 Å². The van der Waals surface area contributed by atoms with Crippen molar-refractivity contribution in [3.8, 4) is 0 Å². The quantitative estimate of drug-likeness (QED) is 0.842. The van der Waals surface area contributed by atoms with E-state index < -0.39 is 17.2 Å². The number of ether oxygens (including phenoxy) is 1. The SMILES string of the molecule is COCC1(C(=O)NCc2ccc(C(F)(F)F)cc2)CCNCC1.Cl. The second-order valence-electron chi connectivity index (χ2n) is 5.84. The lowest BCUT2D eigenvalue weighted by Gasteiger charge is -2.35. The summed E-state index contributed by atoms with van der Waals surface area (Å²) in [4.78, 5) is 12.5. The molecule has 1 amide bonds. The molecule has 1 fully saturated rings. The molecule has 1 aliphatic rings. The summed E-state index contributed by atoms with van der Waals surface area (Å²) >= 11 is 0. The van der Waals surface area contributed by atoms with Crippen molar-refractivity contribution in [3.63, 3.8) is 0 Å². The average Bonchev–Trinajstić information content (AvgIpc) is 2.53. The third kappa shape index (κ3) is 5.09. The highest BCUT2D eigenvalue weighted by atomic mass is 35.5. The zero-order chi connectivity index (χ0) is 16.9. The lowest BCUT2D eigenvalue weighted by atomic mass is 9.78. The second kappa shape index (κ2) is 8.69. The van der Waals surface area contributed by atoms with Crippen LogP contribution in [0, 0.1) is 5.41 Å². The number of alkyl halides is 3. The van der Waals surface area contributed by atoms with Gasteiger partial charge in [0, 0.05) is 13.7 Å². The van der Waals surface area contributed by atoms with Crippen molar-refractivity contribution in [2.75, 3.05) is 26.8 Å². The number of carbonyl (C=O) groups excluding carboxylic acids is 1. The van der Waals surface area contributed by atoms with E-state index in [1.807, 2.05) is 0 Å². The predicted octanol–water partition coefficient (Wildman–Crippen LogP) is 2.76. The van der Waals surface area contributed by atoms with Gasteiger partial charge >= 0.3 is 6.18 Å². The minimum Gasteiger partial charge on any atom is -0.384 e. The van der Waals surface area contributed by atoms with Gasteiger partial charge in [-0.25, -0.2) is 0 Å². The van der Waals surface area contributed by atoms with Crippen LogP contribution >= 0.6 is 12.4 Å². The van der Waals surface area contributed by atoms with Crippen LogP contribution in [-0.4, -0.2) is 32.7 Å². The Hall–Kier alpha value is -1.31. The first-order valence-electron chi connectivity index (χ1n) is 7.51. The lowest BCUT2D eigenvalue weighted by molar-refractivity contribution is -0.138. The Kier molecular flexibility index (Phi) is 7.51. The summed E-state index contributed by atoms with van der Waals surface area (Å²) in [6.07, 6.45) is -2.99. The Labute approximate surface area is 145 Å². The van der Waals surface area contributed by atoms with Crippen LogP contribution in [0.5, 0.6) is 0 Å². The fourth-order valence-electron chi connectivity index (χ4n) is 2.80. The molecule has 0 aliphatic carbocycles. The van der Waals surface area contributed by atoms with E-state index in [1.54, 1.807) is 7.11 Å². The minimum absolute atomic E-state index is 0. The Morgan fingerprint density at radius 3 is 2.33 bits per heavy atom. The van der Waals surface area contributed by atoms with Gasteiger partial charge < -0.3 is 15.4 Å². The normalized spacial score (nSPS) is 17.0. The van der Waals surface area contributed by atoms with Gasteiger partial charge in [0.1, 0.15) is 0 Å². The van der Waals surface area contributed by atoms with Crippen molar-refractivity contribution in [3.05, 3.63) is 35.4 Å². The van der Waals surface area contributed by atoms with Crippen LogP contribution in [0.1, 0.15) is 24.0 Å². The van der Waals surface area contributed by atoms with E-state index in [2.05, 4.69) is 10.6 Å². The smallest absolute Gasteiger partial charge is 0.384 e. The standard InChI is InChI=1S/C16H21F3N2O2.ClH/c1-23-11-15(6-8-20-9-7-15)14(22)21-10-12-2-4-13(5-3-12)16(17,18)19;/h2-5,20H,6-11H2,1H3,(H,21,22);1H. The third-order valence-corrected chi connectivity index (χ3v) is 4.20. The first-order chi connectivity index (χ1) is 10.9. The minimum atomic E-state index is -4.35. The molecule has 0 bridgehead atoms. The van der Waals surface area contributed by atoms with Gasteiger partial charge in [-0.15, -0.1) is 12.4 Å². The highest BCUT2D eigenvalue weighted by molar-refractivity contribution is 5.85. The summed E-state index contributed by atoms with van der Waals surface area (Å²) in [6.45, 7) is 2.04. The van der Waals surface area contributed by atoms with Crippen LogP contribution in [0.3, 0.4) is 0 Å². The number of nitrogens with one attached hydrogen (secondary N) is 2. The van der Waals surface area contributed by atoms with E-state index in [0.29, 0.717) is 25.0 Å². The molecule has 0 spiro atoms. The van der Waals surface area contributed by atoms with Crippen LogP contribution in [0.4, 0.5) is 13.2 Å². The Balaban J connectivity index is 0.00000288. The summed E-state index contributed by atoms with van der Waals surface area (Å²) < 4.78 is 42.8. The molecule has 0 unspecified atom stereocenters. The van der Waals surface area contributed by atoms with Gasteiger partial charge in [-0.2, -0.15) is 13.2 Å². The topological polar surface area (TPSA) is 50.4 Å². The van der Waals surface area contributed by atoms with Gasteiger partial charge in [-0.05, 0) is 43.6 Å². The third-order valence-electron chi connectivity index (χ3n) is 4.20. The maximum absolute atomic E-state index is 12.5. The molecule has 1 heterocycles. The fourth-order valence-corrected chi connectivity index (χ4v) is 2.80. The summed E-state index contributed by atoms with van der Waals surface area (Å²) in [5.74, 6) is -0.110. The van der Waals surface area contributed by atoms with Crippen molar-refractivity contribution >= 4 is 18.3 Å². The van der Waals surface area contributed by atoms with E-state index >= 15 is 0 Å². The zero-order valence-electron chi connectivity index (χ0n) is 13.4. The second-order valence-corrected chi connectivity index (χ2v) is 5.84. The summed E-state index contributed by atoms with van der Waals surface area (Å²) in [5, 5.41) is 6.03. The maximum Gasteiger partial charge on any atom is 0.416 e. The number of methoxy groups -OCH3 is 1. The molecule has 4 nitrogen and oxygen atoms in total. The number of carbonyl (C=O) groups is 1. The number of rotatable bonds is 5. The molecule has 0 aromatic heterocycles. The molecule has 8 heteroatoms. The van der Waals surface area contributed by atoms with Gasteiger partial charge in [0.2, 0.25) is 5.91 Å². The van der Waals surface area contributed by atoms with Crippen molar-refractivity contribution in [1.82, 2.24) is 10.6 Å². The molecule has 0 radical (unpaired) electrons. The first-order valence-corrected chi connectivity index (χ1v) is 7.51. The molecule has 2 rings (SSSR count). The summed E-state index contributed by atoms with van der Waals surface area (Å²) in [6, 6.07) is 4.82. The molecular formula is C16H22ClF3N2O2. The lowest BCUT2D eigenvalue weighted by Crippen LogP contribution is -2.49. The van der Waals surface area contributed by atoms with Crippen LogP contribution in [0.25, 0.3) is 0 Å². The molecule has 1 aromatic carbocycles.